The van der Waals surface area contributed by atoms with E-state index in [2.05, 4.69) is 45.7 Å². The van der Waals surface area contributed by atoms with E-state index in [-0.39, 0.29) is 0 Å². The first-order valence-corrected chi connectivity index (χ1v) is 4.86. The Morgan fingerprint density at radius 1 is 1.56 bits per heavy atom. The lowest BCUT2D eigenvalue weighted by atomic mass is 10.1. The zero-order valence-corrected chi connectivity index (χ0v) is 8.87. The van der Waals surface area contributed by atoms with Gasteiger partial charge in [-0.2, -0.15) is 0 Å². The van der Waals surface area contributed by atoms with Crippen molar-refractivity contribution in [3.63, 3.8) is 0 Å². The molecular weight excluding hydrogens is 248 g/mol. The summed E-state index contributed by atoms with van der Waals surface area (Å²) in [6, 6.07) is 0. The van der Waals surface area contributed by atoms with E-state index in [0.717, 1.165) is 6.42 Å². The highest BCUT2D eigenvalue weighted by atomic mass is 79.9. The molecule has 0 heterocycles. The number of alkyl halides is 2. The fourth-order valence-corrected chi connectivity index (χ4v) is 1.56. The number of hydrogen-bond donors (Lipinski definition) is 1. The van der Waals surface area contributed by atoms with Crippen LogP contribution < -0.4 is 0 Å². The van der Waals surface area contributed by atoms with Crippen molar-refractivity contribution in [2.24, 2.45) is 5.92 Å². The molecule has 0 fully saturated rings. The molecule has 1 nitrogen and oxygen atoms in total. The molecular formula is C6H12Br2O. The van der Waals surface area contributed by atoms with Crippen molar-refractivity contribution in [2.45, 2.75) is 24.8 Å². The highest BCUT2D eigenvalue weighted by Crippen LogP contribution is 2.25. The first-order valence-electron chi connectivity index (χ1n) is 2.95. The van der Waals surface area contributed by atoms with Crippen molar-refractivity contribution in [1.29, 1.82) is 0 Å². The van der Waals surface area contributed by atoms with Crippen molar-refractivity contribution in [2.75, 3.05) is 5.33 Å². The van der Waals surface area contributed by atoms with Gasteiger partial charge in [-0.15, -0.1) is 0 Å². The normalized spacial score (nSPS) is 18.0. The van der Waals surface area contributed by atoms with E-state index < -0.39 is 4.51 Å². The van der Waals surface area contributed by atoms with Crippen molar-refractivity contribution in [3.8, 4) is 0 Å². The molecule has 1 atom stereocenters. The molecule has 0 saturated carbocycles. The Bertz CT molecular complexity index is 81.1. The third-order valence-corrected chi connectivity index (χ3v) is 3.21. The van der Waals surface area contributed by atoms with Gasteiger partial charge in [-0.05, 0) is 12.3 Å². The molecule has 0 aromatic heterocycles. The number of rotatable bonds is 3. The van der Waals surface area contributed by atoms with Crippen LogP contribution in [0.25, 0.3) is 0 Å². The first-order chi connectivity index (χ1) is 3.98. The van der Waals surface area contributed by atoms with Gasteiger partial charge < -0.3 is 5.11 Å². The zero-order valence-electron chi connectivity index (χ0n) is 5.69. The molecule has 0 aliphatic rings. The predicted octanol–water partition coefficient (Wildman–Crippen LogP) is 2.51. The molecule has 0 radical (unpaired) electrons. The van der Waals surface area contributed by atoms with Gasteiger partial charge in [0.1, 0.15) is 4.51 Å². The molecule has 3 heteroatoms. The standard InChI is InChI=1S/C6H12Br2O/c1-5(2)3-6(8,9)4-7/h5,9H,3-4H2,1-2H3. The molecule has 56 valence electrons. The van der Waals surface area contributed by atoms with Crippen LogP contribution in [0.3, 0.4) is 0 Å². The summed E-state index contributed by atoms with van der Waals surface area (Å²) in [4.78, 5) is 0. The number of hydrogen-bond acceptors (Lipinski definition) is 1. The van der Waals surface area contributed by atoms with Crippen LogP contribution >= 0.6 is 31.9 Å². The summed E-state index contributed by atoms with van der Waals surface area (Å²) in [6.45, 7) is 4.16. The molecule has 0 aromatic carbocycles. The second-order valence-corrected chi connectivity index (χ2v) is 4.69. The number of halogens is 2. The summed E-state index contributed by atoms with van der Waals surface area (Å²) < 4.78 is -0.707. The largest absolute Gasteiger partial charge is 0.378 e. The minimum absolute atomic E-state index is 0.520. The molecule has 0 aliphatic carbocycles. The maximum atomic E-state index is 9.36. The van der Waals surface area contributed by atoms with E-state index in [0.29, 0.717) is 11.2 Å². The molecule has 0 bridgehead atoms. The van der Waals surface area contributed by atoms with Crippen molar-refractivity contribution < 1.29 is 5.11 Å². The van der Waals surface area contributed by atoms with Crippen LogP contribution in [0, 0.1) is 5.92 Å². The topological polar surface area (TPSA) is 20.2 Å². The van der Waals surface area contributed by atoms with Crippen LogP contribution in [-0.2, 0) is 0 Å². The third-order valence-electron chi connectivity index (χ3n) is 0.926. The Morgan fingerprint density at radius 3 is 2.11 bits per heavy atom. The lowest BCUT2D eigenvalue weighted by Crippen LogP contribution is -2.23. The Labute approximate surface area is 73.1 Å². The molecule has 1 unspecified atom stereocenters. The molecule has 9 heavy (non-hydrogen) atoms. The highest BCUT2D eigenvalue weighted by molar-refractivity contribution is 9.12. The quantitative estimate of drug-likeness (QED) is 0.773. The fraction of sp³-hybridized carbons (Fsp3) is 1.00. The average molecular weight is 260 g/mol. The van der Waals surface area contributed by atoms with Crippen molar-refractivity contribution in [1.82, 2.24) is 0 Å². The second-order valence-electron chi connectivity index (χ2n) is 2.65. The number of aliphatic hydroxyl groups is 1. The highest BCUT2D eigenvalue weighted by Gasteiger charge is 2.21. The van der Waals surface area contributed by atoms with Gasteiger partial charge in [0.15, 0.2) is 0 Å². The van der Waals surface area contributed by atoms with E-state index >= 15 is 0 Å². The van der Waals surface area contributed by atoms with Crippen LogP contribution in [0.1, 0.15) is 20.3 Å². The summed E-state index contributed by atoms with van der Waals surface area (Å²) in [6.07, 6.45) is 0.776. The maximum Gasteiger partial charge on any atom is 0.129 e. The molecule has 1 N–H and O–H groups in total. The van der Waals surface area contributed by atoms with Crippen LogP contribution in [0.4, 0.5) is 0 Å². The molecule has 0 saturated heterocycles. The van der Waals surface area contributed by atoms with E-state index in [9.17, 15) is 5.11 Å². The summed E-state index contributed by atoms with van der Waals surface area (Å²) in [5.74, 6) is 0.520. The van der Waals surface area contributed by atoms with Crippen LogP contribution in [0.15, 0.2) is 0 Å². The Morgan fingerprint density at radius 2 is 2.00 bits per heavy atom. The Kier molecular flexibility index (Phi) is 4.34. The monoisotopic (exact) mass is 258 g/mol. The lowest BCUT2D eigenvalue weighted by Gasteiger charge is -2.19. The van der Waals surface area contributed by atoms with Gasteiger partial charge in [0.25, 0.3) is 0 Å². The molecule has 0 spiro atoms. The van der Waals surface area contributed by atoms with Gasteiger partial charge in [0, 0.05) is 5.33 Å². The van der Waals surface area contributed by atoms with E-state index in [1.807, 2.05) is 0 Å². The van der Waals surface area contributed by atoms with Crippen molar-refractivity contribution >= 4 is 31.9 Å². The zero-order chi connectivity index (χ0) is 7.49. The summed E-state index contributed by atoms with van der Waals surface area (Å²) in [5.41, 5.74) is 0. The third kappa shape index (κ3) is 5.37. The summed E-state index contributed by atoms with van der Waals surface area (Å²) in [5, 5.41) is 9.94. The minimum Gasteiger partial charge on any atom is -0.378 e. The van der Waals surface area contributed by atoms with Gasteiger partial charge in [-0.1, -0.05) is 45.7 Å². The van der Waals surface area contributed by atoms with Crippen LogP contribution in [0.2, 0.25) is 0 Å². The average Bonchev–Trinajstić information content (AvgIpc) is 1.63. The van der Waals surface area contributed by atoms with Gasteiger partial charge in [0.2, 0.25) is 0 Å². The SMILES string of the molecule is CC(C)CC(O)(Br)CBr. The maximum absolute atomic E-state index is 9.36. The second kappa shape index (κ2) is 3.94. The van der Waals surface area contributed by atoms with E-state index in [1.54, 1.807) is 0 Å². The summed E-state index contributed by atoms with van der Waals surface area (Å²) >= 11 is 6.39. The minimum atomic E-state index is -0.707. The predicted molar refractivity (Wildman–Crippen MR) is 47.1 cm³/mol. The first kappa shape index (κ1) is 9.92. The molecule has 0 amide bonds. The van der Waals surface area contributed by atoms with Gasteiger partial charge >= 0.3 is 0 Å². The Hall–Kier alpha value is 0.920. The Balaban J connectivity index is 3.58. The smallest absolute Gasteiger partial charge is 0.129 e. The van der Waals surface area contributed by atoms with Crippen LogP contribution in [-0.4, -0.2) is 14.9 Å². The molecule has 0 aliphatic heterocycles. The van der Waals surface area contributed by atoms with Crippen LogP contribution in [0.5, 0.6) is 0 Å². The molecule has 0 aromatic rings. The lowest BCUT2D eigenvalue weighted by molar-refractivity contribution is 0.145. The van der Waals surface area contributed by atoms with E-state index in [1.165, 1.54) is 0 Å². The van der Waals surface area contributed by atoms with Crippen molar-refractivity contribution in [3.05, 3.63) is 0 Å². The van der Waals surface area contributed by atoms with Gasteiger partial charge in [-0.25, -0.2) is 0 Å². The van der Waals surface area contributed by atoms with Gasteiger partial charge in [-0.3, -0.25) is 0 Å². The fourth-order valence-electron chi connectivity index (χ4n) is 0.680. The summed E-state index contributed by atoms with van der Waals surface area (Å²) in [7, 11) is 0. The van der Waals surface area contributed by atoms with Gasteiger partial charge in [0.05, 0.1) is 0 Å². The molecule has 0 rings (SSSR count). The van der Waals surface area contributed by atoms with E-state index in [4.69, 9.17) is 0 Å².